The van der Waals surface area contributed by atoms with Crippen molar-refractivity contribution in [2.75, 3.05) is 25.5 Å². The number of piperidine rings is 1. The highest BCUT2D eigenvalue weighted by Crippen LogP contribution is 2.52. The summed E-state index contributed by atoms with van der Waals surface area (Å²) in [6.45, 7) is 3.98. The van der Waals surface area contributed by atoms with E-state index in [2.05, 4.69) is 22.2 Å². The standard InChI is InChI=1S/C28H34ClN5O3S/c1-18-13-21(38(36,37)22-15-28(16-22)9-11-33(2)12-10-28)7-8-24(18)31-27-30-17-19-14-23(29)26(35)34(25(19)32-27)20-5-3-4-6-20/h7-8,13-14,17,20,22H,3-6,9-12,15-16H2,1-2H3,(H,30,31,32). The Balaban J connectivity index is 1.23. The normalized spacial score (nSPS) is 20.7. The molecule has 1 saturated heterocycles. The summed E-state index contributed by atoms with van der Waals surface area (Å²) >= 11 is 6.24. The highest BCUT2D eigenvalue weighted by Gasteiger charge is 2.50. The number of aryl methyl sites for hydroxylation is 1. The van der Waals surface area contributed by atoms with Gasteiger partial charge < -0.3 is 10.2 Å². The number of likely N-dealkylation sites (tertiary alicyclic amines) is 1. The molecule has 1 aromatic carbocycles. The zero-order valence-electron chi connectivity index (χ0n) is 21.9. The number of fused-ring (bicyclic) bond motifs is 1. The Labute approximate surface area is 228 Å². The van der Waals surface area contributed by atoms with Crippen molar-refractivity contribution in [3.05, 3.63) is 51.4 Å². The van der Waals surface area contributed by atoms with Crippen LogP contribution in [0.5, 0.6) is 0 Å². The van der Waals surface area contributed by atoms with Crippen LogP contribution in [0.1, 0.15) is 63.0 Å². The fourth-order valence-electron chi connectivity index (χ4n) is 6.54. The van der Waals surface area contributed by atoms with Crippen molar-refractivity contribution in [1.29, 1.82) is 0 Å². The maximum atomic E-state index is 13.4. The first-order valence-electron chi connectivity index (χ1n) is 13.5. The van der Waals surface area contributed by atoms with E-state index in [4.69, 9.17) is 16.6 Å². The molecule has 6 rings (SSSR count). The molecular formula is C28H34ClN5O3S. The summed E-state index contributed by atoms with van der Waals surface area (Å²) < 4.78 is 28.5. The Morgan fingerprint density at radius 3 is 2.50 bits per heavy atom. The first-order valence-corrected chi connectivity index (χ1v) is 15.5. The number of rotatable bonds is 5. The minimum Gasteiger partial charge on any atom is -0.324 e. The van der Waals surface area contributed by atoms with Gasteiger partial charge in [-0.15, -0.1) is 0 Å². The lowest BCUT2D eigenvalue weighted by atomic mass is 9.63. The second-order valence-corrected chi connectivity index (χ2v) is 14.2. The molecule has 3 fully saturated rings. The van der Waals surface area contributed by atoms with Gasteiger partial charge >= 0.3 is 0 Å². The summed E-state index contributed by atoms with van der Waals surface area (Å²) in [5, 5.41) is 3.83. The molecule has 38 heavy (non-hydrogen) atoms. The van der Waals surface area contributed by atoms with Gasteiger partial charge in [0.1, 0.15) is 10.7 Å². The fourth-order valence-corrected chi connectivity index (χ4v) is 8.88. The van der Waals surface area contributed by atoms with Gasteiger partial charge in [-0.05, 0) is 101 Å². The molecule has 1 aliphatic heterocycles. The molecule has 0 bridgehead atoms. The zero-order chi connectivity index (χ0) is 26.7. The van der Waals surface area contributed by atoms with E-state index in [1.807, 2.05) is 6.92 Å². The third kappa shape index (κ3) is 4.52. The average molecular weight is 556 g/mol. The van der Waals surface area contributed by atoms with E-state index in [0.717, 1.165) is 75.7 Å². The van der Waals surface area contributed by atoms with Gasteiger partial charge in [0, 0.05) is 23.3 Å². The van der Waals surface area contributed by atoms with Crippen molar-refractivity contribution >= 4 is 44.1 Å². The van der Waals surface area contributed by atoms with Gasteiger partial charge in [0.15, 0.2) is 9.84 Å². The molecule has 3 aliphatic rings. The molecule has 2 aromatic heterocycles. The van der Waals surface area contributed by atoms with Crippen molar-refractivity contribution in [3.63, 3.8) is 0 Å². The molecule has 1 N–H and O–H groups in total. The van der Waals surface area contributed by atoms with Crippen molar-refractivity contribution in [3.8, 4) is 0 Å². The summed E-state index contributed by atoms with van der Waals surface area (Å²) in [4.78, 5) is 24.7. The third-order valence-corrected chi connectivity index (χ3v) is 11.4. The molecule has 2 aliphatic carbocycles. The van der Waals surface area contributed by atoms with Crippen LogP contribution < -0.4 is 10.9 Å². The van der Waals surface area contributed by atoms with E-state index in [-0.39, 0.29) is 27.3 Å². The molecule has 10 heteroatoms. The number of hydrogen-bond donors (Lipinski definition) is 1. The lowest BCUT2D eigenvalue weighted by Crippen LogP contribution is -2.50. The predicted molar refractivity (Wildman–Crippen MR) is 150 cm³/mol. The molecule has 3 aromatic rings. The number of hydrogen-bond acceptors (Lipinski definition) is 7. The Morgan fingerprint density at radius 1 is 1.11 bits per heavy atom. The first kappa shape index (κ1) is 25.8. The second-order valence-electron chi connectivity index (χ2n) is 11.6. The predicted octanol–water partition coefficient (Wildman–Crippen LogP) is 5.26. The van der Waals surface area contributed by atoms with Crippen molar-refractivity contribution in [2.24, 2.45) is 5.41 Å². The summed E-state index contributed by atoms with van der Waals surface area (Å²) in [7, 11) is -1.25. The van der Waals surface area contributed by atoms with Crippen molar-refractivity contribution < 1.29 is 8.42 Å². The van der Waals surface area contributed by atoms with Crippen LogP contribution in [-0.2, 0) is 9.84 Å². The molecule has 1 spiro atoms. The molecular weight excluding hydrogens is 522 g/mol. The Kier molecular flexibility index (Phi) is 6.52. The monoisotopic (exact) mass is 555 g/mol. The Bertz CT molecular complexity index is 1550. The number of nitrogens with zero attached hydrogens (tertiary/aromatic N) is 4. The molecule has 0 atom stereocenters. The Hall–Kier alpha value is -2.49. The summed E-state index contributed by atoms with van der Waals surface area (Å²) in [6.07, 6.45) is 9.38. The highest BCUT2D eigenvalue weighted by atomic mass is 35.5. The molecule has 202 valence electrons. The number of pyridine rings is 1. The van der Waals surface area contributed by atoms with Crippen LogP contribution in [0.25, 0.3) is 11.0 Å². The van der Waals surface area contributed by atoms with Crippen molar-refractivity contribution in [2.45, 2.75) is 74.5 Å². The smallest absolute Gasteiger partial charge is 0.271 e. The number of sulfone groups is 1. The topological polar surface area (TPSA) is 97.2 Å². The van der Waals surface area contributed by atoms with E-state index in [1.54, 1.807) is 35.0 Å². The lowest BCUT2D eigenvalue weighted by molar-refractivity contribution is 0.0465. The highest BCUT2D eigenvalue weighted by molar-refractivity contribution is 7.92. The number of anilines is 2. The molecule has 0 amide bonds. The van der Waals surface area contributed by atoms with Gasteiger partial charge in [0.05, 0.1) is 10.1 Å². The Morgan fingerprint density at radius 2 is 1.82 bits per heavy atom. The van der Waals surface area contributed by atoms with Gasteiger partial charge in [-0.25, -0.2) is 13.4 Å². The SMILES string of the molecule is Cc1cc(S(=O)(=O)C2CC3(CCN(C)CC3)C2)ccc1Nc1ncc2cc(Cl)c(=O)n(C3CCCC3)c2n1. The molecule has 0 unspecified atom stereocenters. The van der Waals surface area contributed by atoms with Crippen LogP contribution in [0.4, 0.5) is 11.6 Å². The minimum absolute atomic E-state index is 0.0813. The van der Waals surface area contributed by atoms with Crippen molar-refractivity contribution in [1.82, 2.24) is 19.4 Å². The lowest BCUT2D eigenvalue weighted by Gasteiger charge is -2.51. The fraction of sp³-hybridized carbons (Fsp3) is 0.536. The molecule has 2 saturated carbocycles. The van der Waals surface area contributed by atoms with Crippen LogP contribution in [0.15, 0.2) is 40.2 Å². The molecule has 0 radical (unpaired) electrons. The summed E-state index contributed by atoms with van der Waals surface area (Å²) in [5.74, 6) is 0.355. The maximum absolute atomic E-state index is 13.4. The minimum atomic E-state index is -3.38. The number of nitrogens with one attached hydrogen (secondary N) is 1. The van der Waals surface area contributed by atoms with Crippen LogP contribution in [0, 0.1) is 12.3 Å². The second kappa shape index (κ2) is 9.61. The number of aromatic nitrogens is 3. The van der Waals surface area contributed by atoms with Gasteiger partial charge in [-0.2, -0.15) is 4.98 Å². The van der Waals surface area contributed by atoms with Crippen LogP contribution in [0.3, 0.4) is 0 Å². The zero-order valence-corrected chi connectivity index (χ0v) is 23.5. The third-order valence-electron chi connectivity index (χ3n) is 9.00. The first-order chi connectivity index (χ1) is 18.1. The molecule has 8 nitrogen and oxygen atoms in total. The van der Waals surface area contributed by atoms with Gasteiger partial charge in [0.2, 0.25) is 5.95 Å². The summed E-state index contributed by atoms with van der Waals surface area (Å²) in [6, 6.07) is 6.91. The van der Waals surface area contributed by atoms with E-state index >= 15 is 0 Å². The quantitative estimate of drug-likeness (QED) is 0.458. The van der Waals surface area contributed by atoms with E-state index in [9.17, 15) is 13.2 Å². The van der Waals surface area contributed by atoms with Gasteiger partial charge in [-0.1, -0.05) is 24.4 Å². The summed E-state index contributed by atoms with van der Waals surface area (Å²) in [5.41, 5.74) is 2.07. The van der Waals surface area contributed by atoms with Crippen LogP contribution in [-0.4, -0.2) is 53.2 Å². The average Bonchev–Trinajstić information content (AvgIpc) is 3.40. The number of halogens is 1. The number of benzene rings is 1. The van der Waals surface area contributed by atoms with Gasteiger partial charge in [-0.3, -0.25) is 9.36 Å². The van der Waals surface area contributed by atoms with E-state index in [1.165, 1.54) is 0 Å². The van der Waals surface area contributed by atoms with Crippen LogP contribution in [0.2, 0.25) is 5.02 Å². The van der Waals surface area contributed by atoms with E-state index < -0.39 is 9.84 Å². The van der Waals surface area contributed by atoms with Gasteiger partial charge in [0.25, 0.3) is 5.56 Å². The maximum Gasteiger partial charge on any atom is 0.271 e. The van der Waals surface area contributed by atoms with Crippen LogP contribution >= 0.6 is 11.6 Å². The van der Waals surface area contributed by atoms with E-state index in [0.29, 0.717) is 21.9 Å². The largest absolute Gasteiger partial charge is 0.324 e. The molecule has 3 heterocycles.